The lowest BCUT2D eigenvalue weighted by Crippen LogP contribution is -2.21. The Bertz CT molecular complexity index is 1500. The summed E-state index contributed by atoms with van der Waals surface area (Å²) in [5.41, 5.74) is 1.75. The van der Waals surface area contributed by atoms with E-state index in [9.17, 15) is 18.0 Å². The highest BCUT2D eigenvalue weighted by molar-refractivity contribution is 7.93. The summed E-state index contributed by atoms with van der Waals surface area (Å²) in [4.78, 5) is 33.8. The van der Waals surface area contributed by atoms with Gasteiger partial charge < -0.3 is 10.1 Å². The van der Waals surface area contributed by atoms with Crippen LogP contribution in [-0.4, -0.2) is 37.3 Å². The van der Waals surface area contributed by atoms with Crippen LogP contribution in [0, 0.1) is 6.92 Å². The Hall–Kier alpha value is -4.09. The molecule has 178 valence electrons. The van der Waals surface area contributed by atoms with E-state index in [2.05, 4.69) is 20.6 Å². The number of urea groups is 1. The summed E-state index contributed by atoms with van der Waals surface area (Å²) in [6, 6.07) is 14.0. The van der Waals surface area contributed by atoms with Crippen LogP contribution in [0.25, 0.3) is 0 Å². The van der Waals surface area contributed by atoms with Crippen molar-refractivity contribution in [3.05, 3.63) is 89.9 Å². The van der Waals surface area contributed by atoms with E-state index in [1.165, 1.54) is 37.8 Å². The first-order valence-electron chi connectivity index (χ1n) is 10.3. The molecule has 0 saturated carbocycles. The molecule has 4 aromatic rings. The highest BCUT2D eigenvalue weighted by Gasteiger charge is 2.22. The van der Waals surface area contributed by atoms with Gasteiger partial charge in [0.1, 0.15) is 9.96 Å². The number of benzene rings is 2. The lowest BCUT2D eigenvalue weighted by atomic mass is 9.99. The molecule has 0 bridgehead atoms. The molecule has 2 aromatic heterocycles. The Kier molecular flexibility index (Phi) is 6.90. The monoisotopic (exact) mass is 508 g/mol. The molecule has 0 aliphatic heterocycles. The maximum absolute atomic E-state index is 13.3. The number of nitrogens with zero attached hydrogens (tertiary/aromatic N) is 2. The van der Waals surface area contributed by atoms with Gasteiger partial charge in [-0.2, -0.15) is 0 Å². The van der Waals surface area contributed by atoms with E-state index in [0.29, 0.717) is 11.3 Å². The molecule has 0 fully saturated rings. The number of methoxy groups -OCH3 is 1. The van der Waals surface area contributed by atoms with Crippen molar-refractivity contribution in [1.82, 2.24) is 9.97 Å². The SMILES string of the molecule is COc1ccccc1C(=O)c1cc(C)ccc1NC(=O)Nc1ncc(S(=O)(=O)c2ccncc2)s1. The Morgan fingerprint density at radius 1 is 0.971 bits per heavy atom. The van der Waals surface area contributed by atoms with Crippen LogP contribution in [0.15, 0.2) is 82.3 Å². The predicted octanol–water partition coefficient (Wildman–Crippen LogP) is 4.56. The molecule has 2 aromatic carbocycles. The Morgan fingerprint density at radius 3 is 2.46 bits per heavy atom. The summed E-state index contributed by atoms with van der Waals surface area (Å²) in [7, 11) is -2.31. The van der Waals surface area contributed by atoms with Crippen molar-refractivity contribution in [2.45, 2.75) is 16.0 Å². The molecule has 2 amide bonds. The first-order chi connectivity index (χ1) is 16.8. The fraction of sp³-hybridized carbons (Fsp3) is 0.0833. The number of aromatic nitrogens is 2. The molecule has 0 saturated heterocycles. The number of carbonyl (C=O) groups excluding carboxylic acids is 2. The molecule has 0 spiro atoms. The molecule has 0 atom stereocenters. The van der Waals surface area contributed by atoms with Gasteiger partial charge in [-0.1, -0.05) is 35.1 Å². The summed E-state index contributed by atoms with van der Waals surface area (Å²) < 4.78 is 30.7. The van der Waals surface area contributed by atoms with Crippen LogP contribution in [0.3, 0.4) is 0 Å². The quantitative estimate of drug-likeness (QED) is 0.350. The number of ketones is 1. The minimum atomic E-state index is -3.79. The second-order valence-corrected chi connectivity index (χ2v) is 10.5. The number of pyridine rings is 1. The fourth-order valence-corrected chi connectivity index (χ4v) is 5.67. The molecule has 2 heterocycles. The van der Waals surface area contributed by atoms with E-state index in [1.807, 2.05) is 6.92 Å². The van der Waals surface area contributed by atoms with Gasteiger partial charge in [-0.3, -0.25) is 15.1 Å². The molecule has 4 rings (SSSR count). The zero-order chi connectivity index (χ0) is 25.0. The van der Waals surface area contributed by atoms with Crippen molar-refractivity contribution in [2.24, 2.45) is 0 Å². The average molecular weight is 509 g/mol. The summed E-state index contributed by atoms with van der Waals surface area (Å²) in [5, 5.41) is 5.26. The smallest absolute Gasteiger partial charge is 0.325 e. The third-order valence-electron chi connectivity index (χ3n) is 4.95. The van der Waals surface area contributed by atoms with Crippen molar-refractivity contribution in [2.75, 3.05) is 17.7 Å². The number of rotatable bonds is 7. The topological polar surface area (TPSA) is 127 Å². The van der Waals surface area contributed by atoms with Gasteiger partial charge in [-0.05, 0) is 43.3 Å². The van der Waals surface area contributed by atoms with Crippen LogP contribution < -0.4 is 15.4 Å². The number of aryl methyl sites for hydroxylation is 1. The van der Waals surface area contributed by atoms with Gasteiger partial charge >= 0.3 is 6.03 Å². The van der Waals surface area contributed by atoms with Crippen LogP contribution in [0.2, 0.25) is 0 Å². The van der Waals surface area contributed by atoms with Crippen LogP contribution in [-0.2, 0) is 9.84 Å². The van der Waals surface area contributed by atoms with Crippen molar-refractivity contribution in [3.8, 4) is 5.75 Å². The maximum atomic E-state index is 13.3. The van der Waals surface area contributed by atoms with Crippen LogP contribution in [0.5, 0.6) is 5.75 Å². The minimum Gasteiger partial charge on any atom is -0.496 e. The second-order valence-electron chi connectivity index (χ2n) is 7.33. The number of nitrogens with one attached hydrogen (secondary N) is 2. The Labute approximate surface area is 205 Å². The molecule has 0 radical (unpaired) electrons. The van der Waals surface area contributed by atoms with E-state index in [1.54, 1.807) is 42.5 Å². The third kappa shape index (κ3) is 5.20. The number of carbonyl (C=O) groups is 2. The molecule has 0 unspecified atom stereocenters. The number of sulfone groups is 1. The standard InChI is InChI=1S/C24H20N4O5S2/c1-15-7-8-19(18(13-15)22(29)17-5-3-4-6-20(17)33-2)27-23(30)28-24-26-14-21(34-24)35(31,32)16-9-11-25-12-10-16/h3-14H,1-2H3,(H2,26,27,28,30). The van der Waals surface area contributed by atoms with Crippen LogP contribution >= 0.6 is 11.3 Å². The number of ether oxygens (including phenoxy) is 1. The van der Waals surface area contributed by atoms with E-state index < -0.39 is 15.9 Å². The lowest BCUT2D eigenvalue weighted by molar-refractivity contribution is 0.103. The number of hydrogen-bond donors (Lipinski definition) is 2. The van der Waals surface area contributed by atoms with Gasteiger partial charge in [0.2, 0.25) is 9.84 Å². The van der Waals surface area contributed by atoms with E-state index >= 15 is 0 Å². The Balaban J connectivity index is 1.54. The van der Waals surface area contributed by atoms with Crippen molar-refractivity contribution < 1.29 is 22.7 Å². The van der Waals surface area contributed by atoms with Crippen LogP contribution in [0.1, 0.15) is 21.5 Å². The van der Waals surface area contributed by atoms with Crippen LogP contribution in [0.4, 0.5) is 15.6 Å². The third-order valence-corrected chi connectivity index (χ3v) is 8.09. The van der Waals surface area contributed by atoms with Gasteiger partial charge in [0, 0.05) is 18.0 Å². The van der Waals surface area contributed by atoms with Crippen molar-refractivity contribution in [3.63, 3.8) is 0 Å². The first kappa shape index (κ1) is 24.0. The molecule has 35 heavy (non-hydrogen) atoms. The molecule has 0 aliphatic rings. The summed E-state index contributed by atoms with van der Waals surface area (Å²) in [6.45, 7) is 1.84. The normalized spacial score (nSPS) is 11.0. The van der Waals surface area contributed by atoms with Crippen molar-refractivity contribution >= 4 is 43.8 Å². The van der Waals surface area contributed by atoms with Crippen molar-refractivity contribution in [1.29, 1.82) is 0 Å². The maximum Gasteiger partial charge on any atom is 0.325 e. The number of amides is 2. The fourth-order valence-electron chi connectivity index (χ4n) is 3.26. The van der Waals surface area contributed by atoms with Gasteiger partial charge in [0.15, 0.2) is 10.9 Å². The predicted molar refractivity (Wildman–Crippen MR) is 132 cm³/mol. The number of hydrogen-bond acceptors (Lipinski definition) is 8. The highest BCUT2D eigenvalue weighted by atomic mass is 32.2. The second kappa shape index (κ2) is 10.0. The number of para-hydroxylation sites is 1. The van der Waals surface area contributed by atoms with E-state index in [-0.39, 0.29) is 31.3 Å². The largest absolute Gasteiger partial charge is 0.496 e. The minimum absolute atomic E-state index is 0.0265. The zero-order valence-corrected chi connectivity index (χ0v) is 20.3. The summed E-state index contributed by atoms with van der Waals surface area (Å²) in [6.07, 6.45) is 3.94. The molecular formula is C24H20N4O5S2. The van der Waals surface area contributed by atoms with Gasteiger partial charge in [0.05, 0.1) is 29.5 Å². The molecule has 2 N–H and O–H groups in total. The molecule has 9 nitrogen and oxygen atoms in total. The number of anilines is 2. The van der Waals surface area contributed by atoms with E-state index in [0.717, 1.165) is 16.9 Å². The Morgan fingerprint density at radius 2 is 1.71 bits per heavy atom. The highest BCUT2D eigenvalue weighted by Crippen LogP contribution is 2.29. The van der Waals surface area contributed by atoms with Gasteiger partial charge in [-0.15, -0.1) is 0 Å². The zero-order valence-electron chi connectivity index (χ0n) is 18.7. The first-order valence-corrected chi connectivity index (χ1v) is 12.6. The van der Waals surface area contributed by atoms with E-state index in [4.69, 9.17) is 4.74 Å². The molecular weight excluding hydrogens is 488 g/mol. The number of thiazole rings is 1. The lowest BCUT2D eigenvalue weighted by Gasteiger charge is -2.13. The summed E-state index contributed by atoms with van der Waals surface area (Å²) >= 11 is 0.813. The van der Waals surface area contributed by atoms with Gasteiger partial charge in [-0.25, -0.2) is 18.2 Å². The average Bonchev–Trinajstić information content (AvgIpc) is 3.34. The van der Waals surface area contributed by atoms with Gasteiger partial charge in [0.25, 0.3) is 0 Å². The summed E-state index contributed by atoms with van der Waals surface area (Å²) in [5.74, 6) is 0.0987. The molecule has 11 heteroatoms. The molecule has 0 aliphatic carbocycles.